The number of ether oxygens (including phenoxy) is 1. The molecule has 62 heavy (non-hydrogen) atoms. The van der Waals surface area contributed by atoms with E-state index < -0.39 is 40.9 Å². The van der Waals surface area contributed by atoms with Crippen LogP contribution in [0.3, 0.4) is 0 Å². The first kappa shape index (κ1) is 42.0. The summed E-state index contributed by atoms with van der Waals surface area (Å²) < 4.78 is 67.7. The lowest BCUT2D eigenvalue weighted by molar-refractivity contribution is 0.0117. The van der Waals surface area contributed by atoms with Crippen molar-refractivity contribution in [2.45, 2.75) is 57.9 Å². The summed E-state index contributed by atoms with van der Waals surface area (Å²) >= 11 is 0. The number of halogens is 4. The zero-order valence-corrected chi connectivity index (χ0v) is 34.5. The zero-order chi connectivity index (χ0) is 43.5. The van der Waals surface area contributed by atoms with Crippen molar-refractivity contribution in [3.8, 4) is 16.8 Å². The van der Waals surface area contributed by atoms with Gasteiger partial charge in [-0.25, -0.2) is 27.5 Å². The van der Waals surface area contributed by atoms with Crippen molar-refractivity contribution in [1.82, 2.24) is 29.1 Å². The molecule has 1 aliphatic rings. The number of piperazine rings is 1. The van der Waals surface area contributed by atoms with Crippen LogP contribution in [-0.4, -0.2) is 61.4 Å². The molecule has 0 bridgehead atoms. The highest BCUT2D eigenvalue weighted by Crippen LogP contribution is 2.36. The fourth-order valence-corrected chi connectivity index (χ4v) is 8.25. The van der Waals surface area contributed by atoms with E-state index in [1.54, 1.807) is 36.1 Å². The third-order valence-corrected chi connectivity index (χ3v) is 11.8. The van der Waals surface area contributed by atoms with Crippen molar-refractivity contribution in [3.63, 3.8) is 0 Å². The van der Waals surface area contributed by atoms with Crippen LogP contribution in [-0.2, 0) is 11.3 Å². The Labute approximate surface area is 355 Å². The van der Waals surface area contributed by atoms with Gasteiger partial charge in [-0.05, 0) is 78.6 Å². The fourth-order valence-electron chi connectivity index (χ4n) is 8.25. The van der Waals surface area contributed by atoms with E-state index in [9.17, 15) is 27.2 Å². The van der Waals surface area contributed by atoms with Crippen LogP contribution in [0.5, 0.6) is 0 Å². The monoisotopic (exact) mass is 846 g/mol. The van der Waals surface area contributed by atoms with Crippen molar-refractivity contribution in [2.24, 2.45) is 0 Å². The summed E-state index contributed by atoms with van der Waals surface area (Å²) in [6, 6.07) is 31.0. The second-order valence-corrected chi connectivity index (χ2v) is 15.5. The molecule has 2 unspecified atom stereocenters. The van der Waals surface area contributed by atoms with E-state index in [-0.39, 0.29) is 29.1 Å². The van der Waals surface area contributed by atoms with E-state index in [0.717, 1.165) is 66.0 Å². The number of rotatable bonds is 14. The number of hydrogen-bond donors (Lipinski definition) is 1. The molecule has 320 valence electrons. The topological polar surface area (TPSA) is 106 Å². The molecular formula is C47H46F4N8O3. The van der Waals surface area contributed by atoms with E-state index >= 15 is 0 Å². The molecule has 4 atom stereocenters. The molecule has 0 spiro atoms. The average Bonchev–Trinajstić information content (AvgIpc) is 3.79. The molecule has 0 saturated carbocycles. The Morgan fingerprint density at radius 1 is 0.758 bits per heavy atom. The number of aromatic amines is 1. The summed E-state index contributed by atoms with van der Waals surface area (Å²) in [4.78, 5) is 34.7. The lowest BCUT2D eigenvalue weighted by Crippen LogP contribution is -2.46. The highest BCUT2D eigenvalue weighted by molar-refractivity contribution is 5.66. The lowest BCUT2D eigenvalue weighted by atomic mass is 9.90. The van der Waals surface area contributed by atoms with Gasteiger partial charge in [0.25, 0.3) is 5.95 Å². The van der Waals surface area contributed by atoms with Crippen molar-refractivity contribution in [2.75, 3.05) is 36.0 Å². The number of hydrogen-bond acceptors (Lipinski definition) is 7. The van der Waals surface area contributed by atoms with Gasteiger partial charge in [-0.1, -0.05) is 68.4 Å². The van der Waals surface area contributed by atoms with Gasteiger partial charge in [0.05, 0.1) is 30.1 Å². The van der Waals surface area contributed by atoms with E-state index in [1.807, 2.05) is 92.7 Å². The summed E-state index contributed by atoms with van der Waals surface area (Å²) in [7, 11) is 0. The van der Waals surface area contributed by atoms with Crippen molar-refractivity contribution >= 4 is 11.4 Å². The molecule has 0 radical (unpaired) electrons. The fraction of sp³-hybridized carbons (Fsp3) is 0.277. The summed E-state index contributed by atoms with van der Waals surface area (Å²) in [5, 5.41) is 6.64. The maximum atomic E-state index is 15.0. The Kier molecular flexibility index (Phi) is 12.2. The van der Waals surface area contributed by atoms with Crippen LogP contribution in [0.15, 0.2) is 131 Å². The van der Waals surface area contributed by atoms with E-state index in [0.29, 0.717) is 23.8 Å². The minimum absolute atomic E-state index is 0.0425. The highest BCUT2D eigenvalue weighted by atomic mass is 19.2. The smallest absolute Gasteiger partial charge is 0.350 e. The minimum Gasteiger partial charge on any atom is -0.372 e. The van der Waals surface area contributed by atoms with E-state index in [2.05, 4.69) is 25.0 Å². The predicted molar refractivity (Wildman–Crippen MR) is 230 cm³/mol. The van der Waals surface area contributed by atoms with Gasteiger partial charge in [-0.3, -0.25) is 14.9 Å². The van der Waals surface area contributed by atoms with E-state index in [1.165, 1.54) is 10.7 Å². The molecule has 1 N–H and O–H groups in total. The van der Waals surface area contributed by atoms with Crippen LogP contribution >= 0.6 is 0 Å². The Bertz CT molecular complexity index is 2730. The van der Waals surface area contributed by atoms with Crippen molar-refractivity contribution < 1.29 is 22.3 Å². The quantitative estimate of drug-likeness (QED) is 0.110. The number of aromatic nitrogens is 6. The summed E-state index contributed by atoms with van der Waals surface area (Å²) in [5.41, 5.74) is 4.35. The Morgan fingerprint density at radius 3 is 1.97 bits per heavy atom. The van der Waals surface area contributed by atoms with Crippen LogP contribution in [0.1, 0.15) is 62.0 Å². The van der Waals surface area contributed by atoms with Gasteiger partial charge in [0.2, 0.25) is 5.82 Å². The van der Waals surface area contributed by atoms with Crippen LogP contribution in [0, 0.1) is 23.4 Å². The molecule has 3 aromatic heterocycles. The molecule has 11 nitrogen and oxygen atoms in total. The third kappa shape index (κ3) is 8.57. The molecule has 15 heteroatoms. The average molecular weight is 847 g/mol. The second kappa shape index (κ2) is 18.1. The SMILES string of the molecule is CC[C@@H]([C@H](C)OCc1ccccc1)n1ncn(-c2ccc(N3CCN(c4ccc(-c5ccc(C(C(C)c6ccc(F)cc6F)n6[nH]c(=O)c(F)c6F)nc5)cc4)CC3)cc2)c1=O. The van der Waals surface area contributed by atoms with Crippen LogP contribution in [0.4, 0.5) is 28.9 Å². The van der Waals surface area contributed by atoms with Gasteiger partial charge in [-0.2, -0.15) is 13.9 Å². The first-order chi connectivity index (χ1) is 30.0. The Morgan fingerprint density at radius 2 is 1.39 bits per heavy atom. The van der Waals surface area contributed by atoms with Gasteiger partial charge in [0.15, 0.2) is 0 Å². The first-order valence-electron chi connectivity index (χ1n) is 20.6. The molecular weight excluding hydrogens is 801 g/mol. The minimum atomic E-state index is -1.59. The van der Waals surface area contributed by atoms with Crippen LogP contribution in [0.2, 0.25) is 0 Å². The maximum absolute atomic E-state index is 15.0. The second-order valence-electron chi connectivity index (χ2n) is 15.5. The summed E-state index contributed by atoms with van der Waals surface area (Å²) in [6.07, 6.45) is 3.62. The molecule has 1 fully saturated rings. The molecule has 7 aromatic rings. The lowest BCUT2D eigenvalue weighted by Gasteiger charge is -2.37. The molecule has 0 aliphatic carbocycles. The van der Waals surface area contributed by atoms with Crippen molar-refractivity contribution in [1.29, 1.82) is 0 Å². The summed E-state index contributed by atoms with van der Waals surface area (Å²) in [6.45, 7) is 9.19. The molecule has 4 aromatic carbocycles. The number of pyridine rings is 1. The largest absolute Gasteiger partial charge is 0.372 e. The Hall–Kier alpha value is -6.74. The number of benzene rings is 4. The molecule has 4 heterocycles. The normalized spacial score (nSPS) is 15.1. The number of nitrogens with zero attached hydrogens (tertiary/aromatic N) is 7. The molecule has 0 amide bonds. The van der Waals surface area contributed by atoms with Gasteiger partial charge < -0.3 is 14.5 Å². The predicted octanol–water partition coefficient (Wildman–Crippen LogP) is 8.42. The Balaban J connectivity index is 0.896. The standard InChI is InChI=1S/C47H46F4N8O3/c1-4-42(31(3)62-28-32-8-6-5-7-9-32)58-47(61)57(29-53-58)38-18-16-37(17-19-38)56-24-22-55(23-25-56)36-14-10-33(11-15-36)34-12-21-41(52-27-34)44(59-45(51)43(50)46(60)54-59)30(2)39-20-13-35(48)26-40(39)49/h5-21,26-27,29-31,42,44H,4,22-25,28H2,1-3H3,(H,54,60)/t30?,31-,42-,44?/m0/s1. The van der Waals surface area contributed by atoms with Crippen LogP contribution in [0.25, 0.3) is 16.8 Å². The third-order valence-electron chi connectivity index (χ3n) is 11.8. The van der Waals surface area contributed by atoms with Gasteiger partial charge in [0.1, 0.15) is 24.0 Å². The van der Waals surface area contributed by atoms with Gasteiger partial charge in [0, 0.05) is 61.3 Å². The molecule has 1 aliphatic heterocycles. The van der Waals surface area contributed by atoms with Crippen molar-refractivity contribution in [3.05, 3.63) is 183 Å². The zero-order valence-electron chi connectivity index (χ0n) is 34.5. The molecule has 1 saturated heterocycles. The summed E-state index contributed by atoms with van der Waals surface area (Å²) in [5.74, 6) is -5.55. The van der Waals surface area contributed by atoms with Gasteiger partial charge >= 0.3 is 11.2 Å². The number of H-pyrrole nitrogens is 1. The van der Waals surface area contributed by atoms with Crippen LogP contribution < -0.4 is 21.0 Å². The van der Waals surface area contributed by atoms with E-state index in [4.69, 9.17) is 4.74 Å². The number of anilines is 2. The molecule has 8 rings (SSSR count). The first-order valence-corrected chi connectivity index (χ1v) is 20.6. The number of nitrogens with one attached hydrogen (secondary N) is 1. The van der Waals surface area contributed by atoms with Gasteiger partial charge in [-0.15, -0.1) is 0 Å². The highest BCUT2D eigenvalue weighted by Gasteiger charge is 2.31. The maximum Gasteiger partial charge on any atom is 0.350 e.